The molecular weight excluding hydrogens is 286 g/mol. The molecular formula is C16H22BFO4. The van der Waals surface area contributed by atoms with Gasteiger partial charge < -0.3 is 18.8 Å². The number of methoxy groups -OCH3 is 2. The summed E-state index contributed by atoms with van der Waals surface area (Å²) in [5.74, 6) is 1.18. The van der Waals surface area contributed by atoms with E-state index in [-0.39, 0.29) is 0 Å². The van der Waals surface area contributed by atoms with Crippen LogP contribution < -0.4 is 9.47 Å². The molecule has 0 N–H and O–H groups in total. The molecule has 120 valence electrons. The minimum atomic E-state index is -1.01. The molecule has 1 aromatic carbocycles. The molecule has 0 atom stereocenters. The van der Waals surface area contributed by atoms with E-state index in [1.165, 1.54) is 6.08 Å². The lowest BCUT2D eigenvalue weighted by Crippen LogP contribution is -2.41. The molecule has 0 bridgehead atoms. The molecule has 1 aromatic rings. The predicted octanol–water partition coefficient (Wildman–Crippen LogP) is 3.65. The summed E-state index contributed by atoms with van der Waals surface area (Å²) in [5, 5.41) is 0. The standard InChI is InChI=1S/C16H22BFO4/c1-15(2)16(3,4)22-17(21-15)14(18)9-11-7-12(19-5)10-13(8-11)20-6/h7-10H,1-6H3. The first-order valence-electron chi connectivity index (χ1n) is 7.14. The third-order valence-corrected chi connectivity index (χ3v) is 4.16. The van der Waals surface area contributed by atoms with Crippen LogP contribution in [-0.4, -0.2) is 32.5 Å². The van der Waals surface area contributed by atoms with Crippen molar-refractivity contribution in [2.24, 2.45) is 0 Å². The monoisotopic (exact) mass is 308 g/mol. The molecule has 6 heteroatoms. The number of halogens is 1. The molecule has 1 heterocycles. The number of ether oxygens (including phenoxy) is 2. The molecule has 4 nitrogen and oxygen atoms in total. The molecule has 1 aliphatic heterocycles. The highest BCUT2D eigenvalue weighted by atomic mass is 19.1. The summed E-state index contributed by atoms with van der Waals surface area (Å²) in [6, 6.07) is 5.16. The van der Waals surface area contributed by atoms with Gasteiger partial charge in [-0.2, -0.15) is 0 Å². The Hall–Kier alpha value is -1.53. The summed E-state index contributed by atoms with van der Waals surface area (Å²) < 4.78 is 36.2. The maximum absolute atomic E-state index is 14.5. The number of benzene rings is 1. The Bertz CT molecular complexity index is 545. The fourth-order valence-corrected chi connectivity index (χ4v) is 2.10. The van der Waals surface area contributed by atoms with Gasteiger partial charge in [0.1, 0.15) is 17.2 Å². The van der Waals surface area contributed by atoms with E-state index in [9.17, 15) is 4.39 Å². The normalized spacial score (nSPS) is 20.1. The zero-order chi connectivity index (χ0) is 16.5. The summed E-state index contributed by atoms with van der Waals surface area (Å²) in [5.41, 5.74) is -1.03. The number of hydrogen-bond donors (Lipinski definition) is 0. The SMILES string of the molecule is COc1cc(C=C(F)B2OC(C)(C)C(C)(C)O2)cc(OC)c1. The quantitative estimate of drug-likeness (QED) is 0.796. The van der Waals surface area contributed by atoms with Crippen molar-refractivity contribution in [3.8, 4) is 11.5 Å². The zero-order valence-corrected chi connectivity index (χ0v) is 13.9. The molecule has 1 saturated heterocycles. The zero-order valence-electron chi connectivity index (χ0n) is 13.9. The minimum Gasteiger partial charge on any atom is -0.497 e. The first-order chi connectivity index (χ1) is 10.2. The van der Waals surface area contributed by atoms with Gasteiger partial charge in [0.05, 0.1) is 25.4 Å². The van der Waals surface area contributed by atoms with Crippen molar-refractivity contribution in [2.45, 2.75) is 38.9 Å². The molecule has 2 rings (SSSR count). The summed E-state index contributed by atoms with van der Waals surface area (Å²) in [6.45, 7) is 7.54. The second-order valence-corrected chi connectivity index (χ2v) is 6.26. The van der Waals surface area contributed by atoms with Crippen LogP contribution in [0, 0.1) is 0 Å². The van der Waals surface area contributed by atoms with Gasteiger partial charge in [0, 0.05) is 6.07 Å². The van der Waals surface area contributed by atoms with E-state index in [4.69, 9.17) is 18.8 Å². The third kappa shape index (κ3) is 3.28. The summed E-state index contributed by atoms with van der Waals surface area (Å²) in [7, 11) is 2.09. The van der Waals surface area contributed by atoms with Gasteiger partial charge in [-0.3, -0.25) is 0 Å². The lowest BCUT2D eigenvalue weighted by atomic mass is 9.87. The van der Waals surface area contributed by atoms with Crippen LogP contribution in [0.15, 0.2) is 23.9 Å². The van der Waals surface area contributed by atoms with Gasteiger partial charge in [-0.25, -0.2) is 4.39 Å². The van der Waals surface area contributed by atoms with Gasteiger partial charge in [-0.15, -0.1) is 0 Å². The molecule has 0 aliphatic carbocycles. The molecule has 1 fully saturated rings. The summed E-state index contributed by atoms with van der Waals surface area (Å²) in [6.07, 6.45) is 1.37. The summed E-state index contributed by atoms with van der Waals surface area (Å²) in [4.78, 5) is 0. The maximum Gasteiger partial charge on any atom is 0.525 e. The highest BCUT2D eigenvalue weighted by Crippen LogP contribution is 2.39. The summed E-state index contributed by atoms with van der Waals surface area (Å²) >= 11 is 0. The number of hydrogen-bond acceptors (Lipinski definition) is 4. The molecule has 0 unspecified atom stereocenters. The first kappa shape index (κ1) is 16.8. The van der Waals surface area contributed by atoms with E-state index >= 15 is 0 Å². The van der Waals surface area contributed by atoms with Gasteiger partial charge in [0.15, 0.2) is 0 Å². The Labute approximate surface area is 131 Å². The van der Waals surface area contributed by atoms with Crippen LogP contribution in [0.5, 0.6) is 11.5 Å². The fraction of sp³-hybridized carbons (Fsp3) is 0.500. The minimum absolute atomic E-state index is 0.492. The van der Waals surface area contributed by atoms with Crippen molar-refractivity contribution in [3.05, 3.63) is 29.5 Å². The number of rotatable bonds is 4. The average molecular weight is 308 g/mol. The van der Waals surface area contributed by atoms with Crippen molar-refractivity contribution >= 4 is 13.2 Å². The van der Waals surface area contributed by atoms with E-state index in [0.29, 0.717) is 17.1 Å². The Morgan fingerprint density at radius 2 is 1.45 bits per heavy atom. The van der Waals surface area contributed by atoms with Crippen LogP contribution in [0.2, 0.25) is 0 Å². The van der Waals surface area contributed by atoms with Crippen molar-refractivity contribution in [2.75, 3.05) is 14.2 Å². The van der Waals surface area contributed by atoms with E-state index in [2.05, 4.69) is 0 Å². The van der Waals surface area contributed by atoms with E-state index < -0.39 is 24.0 Å². The van der Waals surface area contributed by atoms with Crippen LogP contribution in [0.1, 0.15) is 33.3 Å². The van der Waals surface area contributed by atoms with E-state index in [1.54, 1.807) is 32.4 Å². The van der Waals surface area contributed by atoms with Crippen molar-refractivity contribution in [1.82, 2.24) is 0 Å². The van der Waals surface area contributed by atoms with Crippen molar-refractivity contribution in [1.29, 1.82) is 0 Å². The molecule has 0 amide bonds. The van der Waals surface area contributed by atoms with Crippen LogP contribution in [0.4, 0.5) is 4.39 Å². The highest BCUT2D eigenvalue weighted by Gasteiger charge is 2.53. The lowest BCUT2D eigenvalue weighted by molar-refractivity contribution is 0.00578. The average Bonchev–Trinajstić information content (AvgIpc) is 2.67. The van der Waals surface area contributed by atoms with Crippen LogP contribution in [0.25, 0.3) is 6.08 Å². The Kier molecular flexibility index (Phi) is 4.54. The molecule has 0 spiro atoms. The predicted molar refractivity (Wildman–Crippen MR) is 84.7 cm³/mol. The smallest absolute Gasteiger partial charge is 0.497 e. The Morgan fingerprint density at radius 1 is 1.00 bits per heavy atom. The molecule has 1 aliphatic rings. The highest BCUT2D eigenvalue weighted by molar-refractivity contribution is 6.54. The van der Waals surface area contributed by atoms with Crippen LogP contribution in [0.3, 0.4) is 0 Å². The van der Waals surface area contributed by atoms with Gasteiger partial charge >= 0.3 is 7.12 Å². The largest absolute Gasteiger partial charge is 0.525 e. The Balaban J connectivity index is 2.27. The lowest BCUT2D eigenvalue weighted by Gasteiger charge is -2.32. The van der Waals surface area contributed by atoms with Gasteiger partial charge in [0.25, 0.3) is 0 Å². The topological polar surface area (TPSA) is 36.9 Å². The third-order valence-electron chi connectivity index (χ3n) is 4.16. The molecule has 0 aromatic heterocycles. The van der Waals surface area contributed by atoms with Gasteiger partial charge in [-0.05, 0) is 51.5 Å². The van der Waals surface area contributed by atoms with Crippen LogP contribution in [-0.2, 0) is 9.31 Å². The van der Waals surface area contributed by atoms with E-state index in [1.807, 2.05) is 27.7 Å². The van der Waals surface area contributed by atoms with Crippen molar-refractivity contribution < 1.29 is 23.2 Å². The van der Waals surface area contributed by atoms with Crippen LogP contribution >= 0.6 is 0 Å². The molecule has 22 heavy (non-hydrogen) atoms. The molecule has 0 saturated carbocycles. The first-order valence-corrected chi connectivity index (χ1v) is 7.14. The Morgan fingerprint density at radius 3 is 1.86 bits per heavy atom. The van der Waals surface area contributed by atoms with Crippen molar-refractivity contribution in [3.63, 3.8) is 0 Å². The fourth-order valence-electron chi connectivity index (χ4n) is 2.10. The second-order valence-electron chi connectivity index (χ2n) is 6.26. The van der Waals surface area contributed by atoms with Gasteiger partial charge in [0.2, 0.25) is 0 Å². The molecule has 0 radical (unpaired) electrons. The van der Waals surface area contributed by atoms with E-state index in [0.717, 1.165) is 0 Å². The second kappa shape index (κ2) is 5.93. The maximum atomic E-state index is 14.5. The van der Waals surface area contributed by atoms with Gasteiger partial charge in [-0.1, -0.05) is 0 Å².